The van der Waals surface area contributed by atoms with Crippen molar-refractivity contribution >= 4 is 39.5 Å². The van der Waals surface area contributed by atoms with Gasteiger partial charge in [-0.05, 0) is 43.4 Å². The van der Waals surface area contributed by atoms with Crippen molar-refractivity contribution in [3.05, 3.63) is 0 Å². The van der Waals surface area contributed by atoms with Gasteiger partial charge in [0.2, 0.25) is 0 Å². The molecule has 3 N–H and O–H groups in total. The molecule has 0 saturated carbocycles. The number of esters is 4. The fraction of sp³-hybridized carbons (Fsp3) is 0.945. The first kappa shape index (κ1) is 90.1. The Morgan fingerprint density at radius 3 is 0.739 bits per heavy atom. The lowest BCUT2D eigenvalue weighted by atomic mass is 10.0. The normalized spacial score (nSPS) is 14.1. The van der Waals surface area contributed by atoms with Gasteiger partial charge in [-0.15, -0.1) is 0 Å². The van der Waals surface area contributed by atoms with E-state index in [4.69, 9.17) is 37.0 Å². The minimum absolute atomic E-state index is 0.105. The molecule has 0 radical (unpaired) electrons. The molecule has 0 amide bonds. The Morgan fingerprint density at radius 2 is 0.500 bits per heavy atom. The lowest BCUT2D eigenvalue weighted by Crippen LogP contribution is -2.30. The van der Waals surface area contributed by atoms with Crippen molar-refractivity contribution in [2.24, 2.45) is 17.8 Å². The van der Waals surface area contributed by atoms with E-state index in [-0.39, 0.29) is 25.7 Å². The first-order chi connectivity index (χ1) is 44.2. The van der Waals surface area contributed by atoms with Crippen LogP contribution in [0.25, 0.3) is 0 Å². The van der Waals surface area contributed by atoms with Crippen LogP contribution >= 0.6 is 15.6 Å². The molecule has 0 fully saturated rings. The summed E-state index contributed by atoms with van der Waals surface area (Å²) in [7, 11) is -9.91. The lowest BCUT2D eigenvalue weighted by Gasteiger charge is -2.21. The monoisotopic (exact) mass is 1350 g/mol. The van der Waals surface area contributed by atoms with Crippen LogP contribution in [-0.4, -0.2) is 96.7 Å². The Hall–Kier alpha value is -1.94. The number of carbonyl (C=O) groups excluding carboxylic acids is 4. The molecule has 2 unspecified atom stereocenters. The van der Waals surface area contributed by atoms with Gasteiger partial charge in [-0.3, -0.25) is 37.3 Å². The van der Waals surface area contributed by atoms with Crippen LogP contribution < -0.4 is 0 Å². The molecule has 0 aromatic heterocycles. The van der Waals surface area contributed by atoms with E-state index in [9.17, 15) is 43.2 Å². The quantitative estimate of drug-likeness (QED) is 0.0222. The second-order valence-electron chi connectivity index (χ2n) is 27.8. The van der Waals surface area contributed by atoms with E-state index in [1.807, 2.05) is 0 Å². The minimum atomic E-state index is -4.95. The number of ether oxygens (including phenoxy) is 4. The van der Waals surface area contributed by atoms with Crippen LogP contribution in [0, 0.1) is 17.8 Å². The van der Waals surface area contributed by atoms with Crippen LogP contribution in [0.4, 0.5) is 0 Å². The second-order valence-corrected chi connectivity index (χ2v) is 30.7. The van der Waals surface area contributed by atoms with E-state index >= 15 is 0 Å². The lowest BCUT2D eigenvalue weighted by molar-refractivity contribution is -0.161. The van der Waals surface area contributed by atoms with Crippen LogP contribution in [0.1, 0.15) is 370 Å². The molecule has 0 saturated heterocycles. The summed E-state index contributed by atoms with van der Waals surface area (Å²) in [6, 6.07) is 0. The van der Waals surface area contributed by atoms with Gasteiger partial charge < -0.3 is 33.8 Å². The Morgan fingerprint density at radius 1 is 0.293 bits per heavy atom. The highest BCUT2D eigenvalue weighted by Crippen LogP contribution is 2.45. The summed E-state index contributed by atoms with van der Waals surface area (Å²) in [4.78, 5) is 72.7. The predicted octanol–water partition coefficient (Wildman–Crippen LogP) is 21.0. The summed E-state index contributed by atoms with van der Waals surface area (Å²) < 4.78 is 68.4. The first-order valence-electron chi connectivity index (χ1n) is 37.8. The summed E-state index contributed by atoms with van der Waals surface area (Å²) in [6.45, 7) is 11.9. The van der Waals surface area contributed by atoms with Gasteiger partial charge in [0.05, 0.1) is 26.4 Å². The van der Waals surface area contributed by atoms with E-state index < -0.39 is 97.5 Å². The first-order valence-corrected chi connectivity index (χ1v) is 40.8. The van der Waals surface area contributed by atoms with E-state index in [1.165, 1.54) is 180 Å². The molecule has 0 aromatic rings. The summed E-state index contributed by atoms with van der Waals surface area (Å²) in [5.74, 6) is 0.151. The molecule has 92 heavy (non-hydrogen) atoms. The Labute approximate surface area is 562 Å². The SMILES string of the molecule is CCCCCCCCCCCCCCC(=O)OC[C@H](COP(=O)(O)OC[C@H](O)COP(=O)(O)OC[C@@H](COC(=O)CCCCCCCCCCCCC(C)C)OC(=O)CCCCCCCCCCCCCCC(C)C)OC(=O)CCCCCCCCCCCC(C)C. The highest BCUT2D eigenvalue weighted by Gasteiger charge is 2.30. The third-order valence-corrected chi connectivity index (χ3v) is 18.8. The number of unbranched alkanes of at least 4 members (excludes halogenated alkanes) is 39. The smallest absolute Gasteiger partial charge is 0.462 e. The van der Waals surface area contributed by atoms with E-state index in [0.717, 1.165) is 108 Å². The standard InChI is InChI=1S/C73H142O17P2/c1-8-9-10-11-12-13-14-18-26-33-40-47-54-70(75)83-61-69(90-73(78)57-50-43-36-29-22-25-32-39-46-53-66(6)7)63-88-92(81,82)86-59-67(74)58-85-91(79,80)87-62-68(60-84-71(76)55-48-41-34-27-21-20-24-31-38-45-52-65(4)5)89-72(77)56-49-42-35-28-19-16-15-17-23-30-37-44-51-64(2)3/h64-69,74H,8-63H2,1-7H3,(H,79,80)(H,81,82)/t67-,68-,69-/m1/s1. The van der Waals surface area contributed by atoms with Crippen molar-refractivity contribution < 1.29 is 80.2 Å². The molecule has 5 atom stereocenters. The topological polar surface area (TPSA) is 237 Å². The molecule has 0 aliphatic rings. The van der Waals surface area contributed by atoms with Gasteiger partial charge in [0, 0.05) is 25.7 Å². The number of aliphatic hydroxyl groups is 1. The van der Waals surface area contributed by atoms with Gasteiger partial charge in [0.1, 0.15) is 19.3 Å². The molecule has 0 aromatic carbocycles. The van der Waals surface area contributed by atoms with Gasteiger partial charge in [0.25, 0.3) is 0 Å². The average Bonchev–Trinajstić information content (AvgIpc) is 3.59. The zero-order valence-corrected chi connectivity index (χ0v) is 61.8. The molecular formula is C73H142O17P2. The third-order valence-electron chi connectivity index (χ3n) is 16.9. The highest BCUT2D eigenvalue weighted by molar-refractivity contribution is 7.47. The van der Waals surface area contributed by atoms with E-state index in [0.29, 0.717) is 25.7 Å². The highest BCUT2D eigenvalue weighted by atomic mass is 31.2. The molecular weight excluding hydrogens is 1210 g/mol. The zero-order valence-electron chi connectivity index (χ0n) is 60.0. The van der Waals surface area contributed by atoms with Crippen molar-refractivity contribution in [3.63, 3.8) is 0 Å². The van der Waals surface area contributed by atoms with Crippen LogP contribution in [0.2, 0.25) is 0 Å². The number of carbonyl (C=O) groups is 4. The molecule has 17 nitrogen and oxygen atoms in total. The van der Waals surface area contributed by atoms with Crippen molar-refractivity contribution in [3.8, 4) is 0 Å². The zero-order chi connectivity index (χ0) is 68.0. The molecule has 0 bridgehead atoms. The van der Waals surface area contributed by atoms with Crippen molar-refractivity contribution in [1.82, 2.24) is 0 Å². The molecule has 19 heteroatoms. The summed E-state index contributed by atoms with van der Waals surface area (Å²) in [6.07, 6.45) is 48.4. The number of phosphoric ester groups is 2. The maximum absolute atomic E-state index is 13.1. The predicted molar refractivity (Wildman–Crippen MR) is 372 cm³/mol. The maximum Gasteiger partial charge on any atom is 0.472 e. The van der Waals surface area contributed by atoms with Crippen LogP contribution in [-0.2, 0) is 65.4 Å². The van der Waals surface area contributed by atoms with Crippen molar-refractivity contribution in [2.45, 2.75) is 388 Å². The van der Waals surface area contributed by atoms with Gasteiger partial charge >= 0.3 is 39.5 Å². The van der Waals surface area contributed by atoms with Gasteiger partial charge in [-0.2, -0.15) is 0 Å². The number of rotatable bonds is 71. The Bertz CT molecular complexity index is 1800. The van der Waals surface area contributed by atoms with Gasteiger partial charge in [0.15, 0.2) is 12.2 Å². The largest absolute Gasteiger partial charge is 0.472 e. The van der Waals surface area contributed by atoms with Crippen molar-refractivity contribution in [2.75, 3.05) is 39.6 Å². The van der Waals surface area contributed by atoms with Crippen LogP contribution in [0.5, 0.6) is 0 Å². The fourth-order valence-corrected chi connectivity index (χ4v) is 12.7. The summed E-state index contributed by atoms with van der Waals surface area (Å²) in [5.41, 5.74) is 0. The number of hydrogen-bond donors (Lipinski definition) is 3. The molecule has 0 heterocycles. The maximum atomic E-state index is 13.1. The van der Waals surface area contributed by atoms with Gasteiger partial charge in [-0.1, -0.05) is 318 Å². The molecule has 0 rings (SSSR count). The molecule has 546 valence electrons. The van der Waals surface area contributed by atoms with E-state index in [1.54, 1.807) is 0 Å². The van der Waals surface area contributed by atoms with E-state index in [2.05, 4.69) is 48.5 Å². The fourth-order valence-electron chi connectivity index (χ4n) is 11.1. The number of aliphatic hydroxyl groups excluding tert-OH is 1. The molecule has 0 aliphatic carbocycles. The number of hydrogen-bond acceptors (Lipinski definition) is 15. The number of phosphoric acid groups is 2. The summed E-state index contributed by atoms with van der Waals surface area (Å²) >= 11 is 0. The molecule has 0 aliphatic heterocycles. The Balaban J connectivity index is 5.27. The van der Waals surface area contributed by atoms with Gasteiger partial charge in [-0.25, -0.2) is 9.13 Å². The third kappa shape index (κ3) is 66.7. The van der Waals surface area contributed by atoms with Crippen molar-refractivity contribution in [1.29, 1.82) is 0 Å². The van der Waals surface area contributed by atoms with Crippen LogP contribution in [0.3, 0.4) is 0 Å². The summed E-state index contributed by atoms with van der Waals surface area (Å²) in [5, 5.41) is 10.6. The second kappa shape index (κ2) is 63.8. The van der Waals surface area contributed by atoms with Crippen LogP contribution in [0.15, 0.2) is 0 Å². The average molecular weight is 1350 g/mol. The minimum Gasteiger partial charge on any atom is -0.462 e. The Kier molecular flexibility index (Phi) is 62.4. The molecule has 0 spiro atoms.